The van der Waals surface area contributed by atoms with Crippen molar-refractivity contribution in [2.45, 2.75) is 20.8 Å². The molecule has 3 rings (SSSR count). The van der Waals surface area contributed by atoms with Gasteiger partial charge in [-0.1, -0.05) is 17.7 Å². The maximum absolute atomic E-state index is 12.9. The minimum Gasteiger partial charge on any atom is -0.490 e. The van der Waals surface area contributed by atoms with Crippen LogP contribution in [0.2, 0.25) is 5.02 Å². The summed E-state index contributed by atoms with van der Waals surface area (Å²) in [5.41, 5.74) is 1.97. The highest BCUT2D eigenvalue weighted by Gasteiger charge is 2.19. The lowest BCUT2D eigenvalue weighted by Gasteiger charge is -2.17. The van der Waals surface area contributed by atoms with Gasteiger partial charge < -0.3 is 24.8 Å². The second-order valence-corrected chi connectivity index (χ2v) is 8.40. The van der Waals surface area contributed by atoms with Crippen molar-refractivity contribution in [3.05, 3.63) is 76.8 Å². The van der Waals surface area contributed by atoms with Crippen LogP contribution in [0.4, 0.5) is 11.4 Å². The van der Waals surface area contributed by atoms with Gasteiger partial charge in [-0.05, 0) is 87.6 Å². The van der Waals surface area contributed by atoms with Crippen molar-refractivity contribution >= 4 is 52.1 Å². The van der Waals surface area contributed by atoms with Crippen molar-refractivity contribution in [1.29, 1.82) is 0 Å². The molecule has 3 aromatic rings. The third kappa shape index (κ3) is 7.83. The minimum absolute atomic E-state index is 0.102. The predicted octanol–water partition coefficient (Wildman–Crippen LogP) is 5.92. The predicted molar refractivity (Wildman–Crippen MR) is 149 cm³/mol. The Balaban J connectivity index is 1.65. The molecular weight excluding hydrogens is 514 g/mol. The van der Waals surface area contributed by atoms with E-state index < -0.39 is 5.91 Å². The zero-order valence-electron chi connectivity index (χ0n) is 20.7. The van der Waals surface area contributed by atoms with E-state index in [0.29, 0.717) is 64.6 Å². The Bertz CT molecular complexity index is 1240. The van der Waals surface area contributed by atoms with Gasteiger partial charge >= 0.3 is 0 Å². The summed E-state index contributed by atoms with van der Waals surface area (Å²) in [5, 5.41) is 9.00. The number of rotatable bonds is 10. The Morgan fingerprint density at radius 3 is 1.86 bits per heavy atom. The van der Waals surface area contributed by atoms with Crippen LogP contribution >= 0.6 is 23.8 Å². The number of ether oxygens (including phenoxy) is 3. The van der Waals surface area contributed by atoms with Crippen molar-refractivity contribution in [3.8, 4) is 17.2 Å². The van der Waals surface area contributed by atoms with Gasteiger partial charge in [0.15, 0.2) is 16.6 Å². The fourth-order valence-electron chi connectivity index (χ4n) is 3.33. The summed E-state index contributed by atoms with van der Waals surface area (Å²) in [6, 6.07) is 16.7. The summed E-state index contributed by atoms with van der Waals surface area (Å²) in [4.78, 5) is 25.3. The zero-order valence-corrected chi connectivity index (χ0v) is 22.3. The number of carbonyl (C=O) groups excluding carboxylic acids is 2. The number of thiocarbonyl (C=S) groups is 1. The van der Waals surface area contributed by atoms with Crippen LogP contribution < -0.4 is 30.2 Å². The van der Waals surface area contributed by atoms with Gasteiger partial charge in [0.2, 0.25) is 5.75 Å². The van der Waals surface area contributed by atoms with E-state index in [-0.39, 0.29) is 11.0 Å². The minimum atomic E-state index is -0.437. The SMILES string of the molecule is CCOc1cc(C(=O)NC(=S)Nc2ccc(NC(=O)c3cccc(Cl)c3)cc2)cc(OCC)c1OCC. The van der Waals surface area contributed by atoms with Crippen LogP contribution in [0, 0.1) is 0 Å². The second kappa shape index (κ2) is 13.5. The van der Waals surface area contributed by atoms with Crippen LogP contribution in [0.3, 0.4) is 0 Å². The van der Waals surface area contributed by atoms with Crippen LogP contribution in [0.1, 0.15) is 41.5 Å². The van der Waals surface area contributed by atoms with Crippen molar-refractivity contribution in [1.82, 2.24) is 5.32 Å². The van der Waals surface area contributed by atoms with Gasteiger partial charge in [0.05, 0.1) is 19.8 Å². The van der Waals surface area contributed by atoms with Crippen molar-refractivity contribution in [3.63, 3.8) is 0 Å². The normalized spacial score (nSPS) is 10.3. The molecule has 3 N–H and O–H groups in total. The number of hydrogen-bond donors (Lipinski definition) is 3. The van der Waals surface area contributed by atoms with Crippen molar-refractivity contribution in [2.75, 3.05) is 30.5 Å². The highest BCUT2D eigenvalue weighted by molar-refractivity contribution is 7.80. The highest BCUT2D eigenvalue weighted by Crippen LogP contribution is 2.39. The van der Waals surface area contributed by atoms with Gasteiger partial charge in [-0.15, -0.1) is 0 Å². The Kier molecular flexibility index (Phi) is 10.1. The average Bonchev–Trinajstić information content (AvgIpc) is 2.87. The molecule has 0 saturated carbocycles. The van der Waals surface area contributed by atoms with Crippen LogP contribution in [-0.2, 0) is 0 Å². The Hall–Kier alpha value is -3.82. The summed E-state index contributed by atoms with van der Waals surface area (Å²) in [6.07, 6.45) is 0. The Labute approximate surface area is 226 Å². The zero-order chi connectivity index (χ0) is 26.8. The molecule has 0 fully saturated rings. The summed E-state index contributed by atoms with van der Waals surface area (Å²) < 4.78 is 17.0. The molecule has 2 amide bonds. The molecule has 194 valence electrons. The molecule has 10 heteroatoms. The first-order valence-corrected chi connectivity index (χ1v) is 12.5. The van der Waals surface area contributed by atoms with Crippen molar-refractivity contribution < 1.29 is 23.8 Å². The van der Waals surface area contributed by atoms with Crippen LogP contribution in [0.15, 0.2) is 60.7 Å². The molecule has 37 heavy (non-hydrogen) atoms. The Morgan fingerprint density at radius 2 is 1.32 bits per heavy atom. The summed E-state index contributed by atoms with van der Waals surface area (Å²) in [7, 11) is 0. The molecule has 3 aromatic carbocycles. The maximum Gasteiger partial charge on any atom is 0.257 e. The van der Waals surface area contributed by atoms with Gasteiger partial charge in [0.25, 0.3) is 11.8 Å². The molecule has 8 nitrogen and oxygen atoms in total. The molecule has 0 aromatic heterocycles. The summed E-state index contributed by atoms with van der Waals surface area (Å²) in [6.45, 7) is 6.75. The van der Waals surface area contributed by atoms with Crippen molar-refractivity contribution in [2.24, 2.45) is 0 Å². The van der Waals surface area contributed by atoms with Gasteiger partial charge in [-0.2, -0.15) is 0 Å². The molecular formula is C27H28ClN3O5S. The molecule has 0 unspecified atom stereocenters. The average molecular weight is 542 g/mol. The molecule has 0 bridgehead atoms. The van der Waals surface area contributed by atoms with Gasteiger partial charge in [0.1, 0.15) is 0 Å². The van der Waals surface area contributed by atoms with E-state index >= 15 is 0 Å². The number of amides is 2. The van der Waals surface area contributed by atoms with E-state index in [1.807, 2.05) is 20.8 Å². The van der Waals surface area contributed by atoms with Gasteiger partial charge in [-0.3, -0.25) is 14.9 Å². The highest BCUT2D eigenvalue weighted by atomic mass is 35.5. The number of anilines is 2. The fraction of sp³-hybridized carbons (Fsp3) is 0.222. The van der Waals surface area contributed by atoms with Crippen LogP contribution in [-0.4, -0.2) is 36.7 Å². The number of benzene rings is 3. The molecule has 0 aliphatic heterocycles. The number of nitrogens with one attached hydrogen (secondary N) is 3. The molecule has 0 atom stereocenters. The molecule has 0 spiro atoms. The molecule has 0 aliphatic carbocycles. The lowest BCUT2D eigenvalue weighted by molar-refractivity contribution is 0.0975. The van der Waals surface area contributed by atoms with Gasteiger partial charge in [-0.25, -0.2) is 0 Å². The molecule has 0 heterocycles. The summed E-state index contributed by atoms with van der Waals surface area (Å²) >= 11 is 11.3. The third-order valence-electron chi connectivity index (χ3n) is 4.89. The van der Waals surface area contributed by atoms with E-state index in [4.69, 9.17) is 38.0 Å². The van der Waals surface area contributed by atoms with E-state index in [0.717, 1.165) is 0 Å². The molecule has 0 saturated heterocycles. The first kappa shape index (κ1) is 27.8. The van der Waals surface area contributed by atoms with E-state index in [1.54, 1.807) is 60.7 Å². The number of halogens is 1. The number of carbonyl (C=O) groups is 2. The fourth-order valence-corrected chi connectivity index (χ4v) is 3.73. The Morgan fingerprint density at radius 1 is 0.757 bits per heavy atom. The van der Waals surface area contributed by atoms with E-state index in [9.17, 15) is 9.59 Å². The quantitative estimate of drug-likeness (QED) is 0.274. The molecule has 0 aliphatic rings. The van der Waals surface area contributed by atoms with E-state index in [1.165, 1.54) is 0 Å². The molecule has 0 radical (unpaired) electrons. The third-order valence-corrected chi connectivity index (χ3v) is 5.33. The van der Waals surface area contributed by atoms with Crippen LogP contribution in [0.5, 0.6) is 17.2 Å². The first-order chi connectivity index (χ1) is 17.8. The first-order valence-electron chi connectivity index (χ1n) is 11.7. The monoisotopic (exact) mass is 541 g/mol. The van der Waals surface area contributed by atoms with E-state index in [2.05, 4.69) is 16.0 Å². The standard InChI is InChI=1S/C27H28ClN3O5S/c1-4-34-22-15-18(16-23(35-5-2)24(22)36-6-3)26(33)31-27(37)30-21-12-10-20(11-13-21)29-25(32)17-8-7-9-19(28)14-17/h7-16H,4-6H2,1-3H3,(H,29,32)(H2,30,31,33,37). The summed E-state index contributed by atoms with van der Waals surface area (Å²) in [5.74, 6) is 0.558. The lowest BCUT2D eigenvalue weighted by atomic mass is 10.1. The topological polar surface area (TPSA) is 97.9 Å². The van der Waals surface area contributed by atoms with Crippen LogP contribution in [0.25, 0.3) is 0 Å². The lowest BCUT2D eigenvalue weighted by Crippen LogP contribution is -2.34. The largest absolute Gasteiger partial charge is 0.490 e. The maximum atomic E-state index is 12.9. The van der Waals surface area contributed by atoms with Gasteiger partial charge in [0, 0.05) is 27.5 Å². The number of hydrogen-bond acceptors (Lipinski definition) is 6. The second-order valence-electron chi connectivity index (χ2n) is 7.55. The smallest absolute Gasteiger partial charge is 0.257 e.